The number of nitrogens with zero attached hydrogens (tertiary/aromatic N) is 2. The van der Waals surface area contributed by atoms with Gasteiger partial charge in [-0.25, -0.2) is 4.39 Å². The summed E-state index contributed by atoms with van der Waals surface area (Å²) in [6, 6.07) is 4.35. The third-order valence-corrected chi connectivity index (χ3v) is 4.01. The zero-order valence-electron chi connectivity index (χ0n) is 12.6. The molecule has 116 valence electrons. The molecule has 2 N–H and O–H groups in total. The van der Waals surface area contributed by atoms with E-state index in [1.54, 1.807) is 13.0 Å². The molecule has 0 saturated carbocycles. The molecular formula is C16H24FN3O. The van der Waals surface area contributed by atoms with E-state index in [9.17, 15) is 9.18 Å². The predicted octanol–water partition coefficient (Wildman–Crippen LogP) is 1.63. The number of hydrogen-bond acceptors (Lipinski definition) is 3. The Morgan fingerprint density at radius 1 is 1.24 bits per heavy atom. The van der Waals surface area contributed by atoms with Gasteiger partial charge in [0, 0.05) is 31.7 Å². The molecule has 1 fully saturated rings. The molecule has 0 unspecified atom stereocenters. The molecule has 4 nitrogen and oxygen atoms in total. The number of hydrogen-bond donors (Lipinski definition) is 1. The lowest BCUT2D eigenvalue weighted by atomic mass is 10.1. The zero-order valence-corrected chi connectivity index (χ0v) is 12.6. The van der Waals surface area contributed by atoms with Crippen LogP contribution in [0.15, 0.2) is 18.2 Å². The lowest BCUT2D eigenvalue weighted by Crippen LogP contribution is -2.49. The van der Waals surface area contributed by atoms with E-state index in [0.717, 1.165) is 52.1 Å². The molecule has 2 rings (SSSR count). The van der Waals surface area contributed by atoms with E-state index in [1.807, 2.05) is 4.90 Å². The summed E-state index contributed by atoms with van der Waals surface area (Å²) in [4.78, 5) is 16.7. The normalized spacial score (nSPS) is 16.2. The maximum absolute atomic E-state index is 13.1. The number of carbonyl (C=O) groups is 1. The van der Waals surface area contributed by atoms with E-state index >= 15 is 0 Å². The van der Waals surface area contributed by atoms with Crippen LogP contribution >= 0.6 is 0 Å². The standard InChI is InChI=1S/C16H24FN3O/c1-13-12-14(17)4-5-15(13)16(21)20-10-8-19(9-11-20)7-3-2-6-18/h4-5,12H,2-3,6-11,18H2,1H3. The molecule has 0 aromatic heterocycles. The largest absolute Gasteiger partial charge is 0.336 e. The zero-order chi connectivity index (χ0) is 15.2. The second-order valence-electron chi connectivity index (χ2n) is 5.59. The average Bonchev–Trinajstić information content (AvgIpc) is 2.48. The first kappa shape index (κ1) is 15.9. The van der Waals surface area contributed by atoms with E-state index in [-0.39, 0.29) is 11.7 Å². The van der Waals surface area contributed by atoms with Crippen molar-refractivity contribution >= 4 is 5.91 Å². The molecule has 1 amide bonds. The maximum atomic E-state index is 13.1. The van der Waals surface area contributed by atoms with Gasteiger partial charge in [-0.15, -0.1) is 0 Å². The minimum Gasteiger partial charge on any atom is -0.336 e. The van der Waals surface area contributed by atoms with Crippen molar-refractivity contribution in [2.24, 2.45) is 5.73 Å². The van der Waals surface area contributed by atoms with E-state index in [2.05, 4.69) is 4.90 Å². The maximum Gasteiger partial charge on any atom is 0.254 e. The van der Waals surface area contributed by atoms with Crippen molar-refractivity contribution in [1.29, 1.82) is 0 Å². The van der Waals surface area contributed by atoms with Gasteiger partial charge in [-0.05, 0) is 56.6 Å². The lowest BCUT2D eigenvalue weighted by molar-refractivity contribution is 0.0635. The summed E-state index contributed by atoms with van der Waals surface area (Å²) in [5.41, 5.74) is 6.80. The second kappa shape index (κ2) is 7.52. The van der Waals surface area contributed by atoms with E-state index in [0.29, 0.717) is 11.1 Å². The fraction of sp³-hybridized carbons (Fsp3) is 0.562. The first-order valence-electron chi connectivity index (χ1n) is 7.59. The van der Waals surface area contributed by atoms with Crippen LogP contribution < -0.4 is 5.73 Å². The quantitative estimate of drug-likeness (QED) is 0.840. The van der Waals surface area contributed by atoms with Gasteiger partial charge in [-0.3, -0.25) is 9.69 Å². The van der Waals surface area contributed by atoms with Gasteiger partial charge < -0.3 is 10.6 Å². The van der Waals surface area contributed by atoms with Crippen LogP contribution in [0.1, 0.15) is 28.8 Å². The summed E-state index contributed by atoms with van der Waals surface area (Å²) in [7, 11) is 0. The first-order valence-corrected chi connectivity index (χ1v) is 7.59. The van der Waals surface area contributed by atoms with E-state index < -0.39 is 0 Å². The Morgan fingerprint density at radius 3 is 2.57 bits per heavy atom. The lowest BCUT2D eigenvalue weighted by Gasteiger charge is -2.35. The summed E-state index contributed by atoms with van der Waals surface area (Å²) in [5.74, 6) is -0.289. The van der Waals surface area contributed by atoms with Crippen LogP contribution in [0.3, 0.4) is 0 Å². The fourth-order valence-corrected chi connectivity index (χ4v) is 2.69. The van der Waals surface area contributed by atoms with Crippen LogP contribution in [0.25, 0.3) is 0 Å². The fourth-order valence-electron chi connectivity index (χ4n) is 2.69. The molecule has 1 saturated heterocycles. The molecule has 0 bridgehead atoms. The smallest absolute Gasteiger partial charge is 0.254 e. The van der Waals surface area contributed by atoms with Gasteiger partial charge >= 0.3 is 0 Å². The number of benzene rings is 1. The number of piperazine rings is 1. The molecule has 0 atom stereocenters. The Hall–Kier alpha value is -1.46. The number of halogens is 1. The van der Waals surface area contributed by atoms with Crippen LogP contribution in [0.4, 0.5) is 4.39 Å². The molecular weight excluding hydrogens is 269 g/mol. The van der Waals surface area contributed by atoms with Gasteiger partial charge in [-0.1, -0.05) is 0 Å². The highest BCUT2D eigenvalue weighted by molar-refractivity contribution is 5.95. The van der Waals surface area contributed by atoms with Crippen molar-refractivity contribution in [1.82, 2.24) is 9.80 Å². The third-order valence-electron chi connectivity index (χ3n) is 4.01. The molecule has 1 heterocycles. The summed E-state index contributed by atoms with van der Waals surface area (Å²) < 4.78 is 13.1. The van der Waals surface area contributed by atoms with Crippen LogP contribution in [0, 0.1) is 12.7 Å². The number of carbonyl (C=O) groups excluding carboxylic acids is 1. The number of aryl methyl sites for hydroxylation is 1. The number of amides is 1. The first-order chi connectivity index (χ1) is 10.1. The van der Waals surface area contributed by atoms with Gasteiger partial charge in [0.05, 0.1) is 0 Å². The van der Waals surface area contributed by atoms with E-state index in [4.69, 9.17) is 5.73 Å². The highest BCUT2D eigenvalue weighted by atomic mass is 19.1. The summed E-state index contributed by atoms with van der Waals surface area (Å²) in [6.07, 6.45) is 2.16. The summed E-state index contributed by atoms with van der Waals surface area (Å²) in [6.45, 7) is 6.83. The van der Waals surface area contributed by atoms with Crippen LogP contribution in [0.5, 0.6) is 0 Å². The van der Waals surface area contributed by atoms with E-state index in [1.165, 1.54) is 12.1 Å². The number of nitrogens with two attached hydrogens (primary N) is 1. The topological polar surface area (TPSA) is 49.6 Å². The molecule has 1 aliphatic rings. The molecule has 1 aliphatic heterocycles. The molecule has 0 aliphatic carbocycles. The van der Waals surface area contributed by atoms with Crippen molar-refractivity contribution in [2.75, 3.05) is 39.3 Å². The van der Waals surface area contributed by atoms with Crippen LogP contribution in [-0.2, 0) is 0 Å². The molecule has 1 aromatic carbocycles. The highest BCUT2D eigenvalue weighted by Gasteiger charge is 2.22. The third kappa shape index (κ3) is 4.25. The molecule has 0 radical (unpaired) electrons. The summed E-state index contributed by atoms with van der Waals surface area (Å²) >= 11 is 0. The van der Waals surface area contributed by atoms with Gasteiger partial charge in [-0.2, -0.15) is 0 Å². The Morgan fingerprint density at radius 2 is 1.95 bits per heavy atom. The Bertz CT molecular complexity index is 484. The Kier molecular flexibility index (Phi) is 5.70. The van der Waals surface area contributed by atoms with Gasteiger partial charge in [0.2, 0.25) is 0 Å². The van der Waals surface area contributed by atoms with Crippen molar-refractivity contribution in [3.8, 4) is 0 Å². The Labute approximate surface area is 125 Å². The van der Waals surface area contributed by atoms with Crippen molar-refractivity contribution < 1.29 is 9.18 Å². The second-order valence-corrected chi connectivity index (χ2v) is 5.59. The van der Waals surface area contributed by atoms with Crippen LogP contribution in [0.2, 0.25) is 0 Å². The SMILES string of the molecule is Cc1cc(F)ccc1C(=O)N1CCN(CCCCN)CC1. The van der Waals surface area contributed by atoms with Crippen molar-refractivity contribution in [2.45, 2.75) is 19.8 Å². The van der Waals surface area contributed by atoms with Gasteiger partial charge in [0.15, 0.2) is 0 Å². The van der Waals surface area contributed by atoms with Crippen molar-refractivity contribution in [3.63, 3.8) is 0 Å². The van der Waals surface area contributed by atoms with Crippen LogP contribution in [-0.4, -0.2) is 55.0 Å². The number of rotatable bonds is 5. The minimum absolute atomic E-state index is 0.00843. The molecule has 21 heavy (non-hydrogen) atoms. The average molecular weight is 293 g/mol. The monoisotopic (exact) mass is 293 g/mol. The molecule has 5 heteroatoms. The number of unbranched alkanes of at least 4 members (excludes halogenated alkanes) is 1. The molecule has 1 aromatic rings. The van der Waals surface area contributed by atoms with Crippen molar-refractivity contribution in [3.05, 3.63) is 35.1 Å². The van der Waals surface area contributed by atoms with Gasteiger partial charge in [0.25, 0.3) is 5.91 Å². The van der Waals surface area contributed by atoms with Gasteiger partial charge in [0.1, 0.15) is 5.82 Å². The minimum atomic E-state index is -0.297. The predicted molar refractivity (Wildman–Crippen MR) is 81.8 cm³/mol. The Balaban J connectivity index is 1.88. The highest BCUT2D eigenvalue weighted by Crippen LogP contribution is 2.14. The summed E-state index contributed by atoms with van der Waals surface area (Å²) in [5, 5.41) is 0. The molecule has 0 spiro atoms.